The van der Waals surface area contributed by atoms with Crippen molar-refractivity contribution >= 4 is 29.1 Å². The van der Waals surface area contributed by atoms with Crippen molar-refractivity contribution in [1.29, 1.82) is 0 Å². The lowest BCUT2D eigenvalue weighted by Gasteiger charge is -2.11. The molecule has 2 aromatic heterocycles. The minimum Gasteiger partial charge on any atom is -0.354 e. The molecular weight excluding hydrogens is 390 g/mol. The summed E-state index contributed by atoms with van der Waals surface area (Å²) in [5.74, 6) is -0.336. The Morgan fingerprint density at radius 1 is 1.10 bits per heavy atom. The fraction of sp³-hybridized carbons (Fsp3) is 0.333. The largest absolute Gasteiger partial charge is 0.354 e. The lowest BCUT2D eigenvalue weighted by atomic mass is 10.1. The van der Waals surface area contributed by atoms with Crippen LogP contribution in [0.1, 0.15) is 39.4 Å². The molecule has 0 fully saturated rings. The number of aryl methyl sites for hydroxylation is 3. The van der Waals surface area contributed by atoms with Gasteiger partial charge in [0.05, 0.1) is 16.3 Å². The normalized spacial score (nSPS) is 10.9. The number of halogens is 1. The number of carbonyl (C=O) groups excluding carboxylic acids is 2. The summed E-state index contributed by atoms with van der Waals surface area (Å²) in [4.78, 5) is 28.8. The summed E-state index contributed by atoms with van der Waals surface area (Å²) in [6.45, 7) is 6.55. The van der Waals surface area contributed by atoms with Crippen LogP contribution in [0.2, 0.25) is 5.02 Å². The Labute approximate surface area is 174 Å². The molecule has 0 aliphatic heterocycles. The first kappa shape index (κ1) is 20.8. The highest BCUT2D eigenvalue weighted by molar-refractivity contribution is 6.33. The zero-order valence-corrected chi connectivity index (χ0v) is 17.5. The molecule has 0 unspecified atom stereocenters. The van der Waals surface area contributed by atoms with Gasteiger partial charge in [0, 0.05) is 37.0 Å². The number of benzene rings is 1. The topological polar surface area (TPSA) is 88.4 Å². The quantitative estimate of drug-likeness (QED) is 0.583. The lowest BCUT2D eigenvalue weighted by molar-refractivity contribution is -0.121. The molecule has 2 heterocycles. The Morgan fingerprint density at radius 2 is 1.83 bits per heavy atom. The molecule has 0 atom stereocenters. The number of nitrogens with one attached hydrogen (secondary N) is 2. The van der Waals surface area contributed by atoms with Crippen LogP contribution in [0.15, 0.2) is 30.3 Å². The summed E-state index contributed by atoms with van der Waals surface area (Å²) in [7, 11) is 0. The molecule has 7 nitrogen and oxygen atoms in total. The summed E-state index contributed by atoms with van der Waals surface area (Å²) in [5.41, 5.74) is 5.09. The molecule has 3 aromatic rings. The predicted molar refractivity (Wildman–Crippen MR) is 112 cm³/mol. The highest BCUT2D eigenvalue weighted by Gasteiger charge is 2.13. The Hall–Kier alpha value is -2.93. The molecule has 1 aromatic carbocycles. The minimum atomic E-state index is -0.259. The molecule has 8 heteroatoms. The SMILES string of the molecule is Cc1cc2nc(C)c(CCC(=O)NCCNC(=O)c3ccccc3Cl)c(C)n2n1. The van der Waals surface area contributed by atoms with Gasteiger partial charge in [0.25, 0.3) is 5.91 Å². The second kappa shape index (κ2) is 9.05. The molecule has 0 saturated heterocycles. The number of fused-ring (bicyclic) bond motifs is 1. The minimum absolute atomic E-state index is 0.0764. The first-order valence-corrected chi connectivity index (χ1v) is 9.86. The van der Waals surface area contributed by atoms with E-state index in [1.54, 1.807) is 24.3 Å². The monoisotopic (exact) mass is 413 g/mol. The van der Waals surface area contributed by atoms with Gasteiger partial charge in [-0.25, -0.2) is 9.50 Å². The summed E-state index contributed by atoms with van der Waals surface area (Å²) in [6, 6.07) is 8.78. The third-order valence-electron chi connectivity index (χ3n) is 4.74. The molecule has 2 amide bonds. The predicted octanol–water partition coefficient (Wildman–Crippen LogP) is 2.79. The van der Waals surface area contributed by atoms with E-state index in [4.69, 9.17) is 11.6 Å². The van der Waals surface area contributed by atoms with Crippen LogP contribution >= 0.6 is 11.6 Å². The zero-order valence-electron chi connectivity index (χ0n) is 16.8. The van der Waals surface area contributed by atoms with E-state index in [0.29, 0.717) is 36.5 Å². The number of hydrogen-bond donors (Lipinski definition) is 2. The summed E-state index contributed by atoms with van der Waals surface area (Å²) < 4.78 is 1.82. The van der Waals surface area contributed by atoms with Crippen molar-refractivity contribution < 1.29 is 9.59 Å². The van der Waals surface area contributed by atoms with Gasteiger partial charge >= 0.3 is 0 Å². The van der Waals surface area contributed by atoms with Crippen molar-refractivity contribution in [2.75, 3.05) is 13.1 Å². The molecule has 0 spiro atoms. The Kier molecular flexibility index (Phi) is 6.49. The van der Waals surface area contributed by atoms with Crippen molar-refractivity contribution in [3.63, 3.8) is 0 Å². The smallest absolute Gasteiger partial charge is 0.252 e. The van der Waals surface area contributed by atoms with E-state index in [0.717, 1.165) is 28.3 Å². The fourth-order valence-electron chi connectivity index (χ4n) is 3.25. The summed E-state index contributed by atoms with van der Waals surface area (Å²) in [6.07, 6.45) is 0.922. The summed E-state index contributed by atoms with van der Waals surface area (Å²) >= 11 is 6.00. The average Bonchev–Trinajstić information content (AvgIpc) is 3.05. The van der Waals surface area contributed by atoms with Crippen molar-refractivity contribution in [3.05, 3.63) is 63.6 Å². The maximum Gasteiger partial charge on any atom is 0.252 e. The van der Waals surface area contributed by atoms with Crippen LogP contribution in [0.25, 0.3) is 5.65 Å². The van der Waals surface area contributed by atoms with E-state index in [1.807, 2.05) is 31.4 Å². The van der Waals surface area contributed by atoms with E-state index >= 15 is 0 Å². The molecule has 0 aliphatic rings. The van der Waals surface area contributed by atoms with Gasteiger partial charge in [-0.3, -0.25) is 9.59 Å². The highest BCUT2D eigenvalue weighted by Crippen LogP contribution is 2.17. The first-order valence-electron chi connectivity index (χ1n) is 9.48. The first-order chi connectivity index (χ1) is 13.9. The van der Waals surface area contributed by atoms with E-state index < -0.39 is 0 Å². The third-order valence-corrected chi connectivity index (χ3v) is 5.07. The van der Waals surface area contributed by atoms with Crippen molar-refractivity contribution in [3.8, 4) is 0 Å². The van der Waals surface area contributed by atoms with Gasteiger partial charge in [-0.2, -0.15) is 5.10 Å². The van der Waals surface area contributed by atoms with Gasteiger partial charge in [0.2, 0.25) is 5.91 Å². The number of nitrogens with zero attached hydrogens (tertiary/aromatic N) is 3. The second-order valence-corrected chi connectivity index (χ2v) is 7.31. The van der Waals surface area contributed by atoms with Crippen molar-refractivity contribution in [1.82, 2.24) is 25.2 Å². The van der Waals surface area contributed by atoms with E-state index in [-0.39, 0.29) is 11.8 Å². The molecule has 2 N–H and O–H groups in total. The standard InChI is InChI=1S/C21H24ClN5O2/c1-13-12-19-25-14(2)16(15(3)27(19)26-13)8-9-20(28)23-10-11-24-21(29)17-6-4-5-7-18(17)22/h4-7,12H,8-11H2,1-3H3,(H,23,28)(H,24,29). The number of hydrogen-bond acceptors (Lipinski definition) is 4. The van der Waals surface area contributed by atoms with Crippen LogP contribution in [-0.2, 0) is 11.2 Å². The highest BCUT2D eigenvalue weighted by atomic mass is 35.5. The number of amides is 2. The molecule has 29 heavy (non-hydrogen) atoms. The lowest BCUT2D eigenvalue weighted by Crippen LogP contribution is -2.34. The molecule has 0 aliphatic carbocycles. The number of carbonyl (C=O) groups is 2. The fourth-order valence-corrected chi connectivity index (χ4v) is 3.47. The molecule has 0 bridgehead atoms. The molecular formula is C21H24ClN5O2. The maximum absolute atomic E-state index is 12.2. The molecule has 0 radical (unpaired) electrons. The number of aromatic nitrogens is 3. The van der Waals surface area contributed by atoms with Crippen LogP contribution in [0.5, 0.6) is 0 Å². The van der Waals surface area contributed by atoms with Crippen molar-refractivity contribution in [2.45, 2.75) is 33.6 Å². The van der Waals surface area contributed by atoms with Crippen LogP contribution < -0.4 is 10.6 Å². The number of rotatable bonds is 7. The van der Waals surface area contributed by atoms with Crippen LogP contribution in [0, 0.1) is 20.8 Å². The molecule has 0 saturated carbocycles. The molecule has 152 valence electrons. The van der Waals surface area contributed by atoms with Crippen LogP contribution in [0.3, 0.4) is 0 Å². The van der Waals surface area contributed by atoms with E-state index in [2.05, 4.69) is 20.7 Å². The van der Waals surface area contributed by atoms with Crippen molar-refractivity contribution in [2.24, 2.45) is 0 Å². The second-order valence-electron chi connectivity index (χ2n) is 6.90. The summed E-state index contributed by atoms with van der Waals surface area (Å²) in [5, 5.41) is 10.4. The maximum atomic E-state index is 12.2. The molecule has 3 rings (SSSR count). The Morgan fingerprint density at radius 3 is 2.59 bits per heavy atom. The van der Waals surface area contributed by atoms with Gasteiger partial charge in [-0.05, 0) is 44.9 Å². The van der Waals surface area contributed by atoms with Gasteiger partial charge < -0.3 is 10.6 Å². The van der Waals surface area contributed by atoms with E-state index in [9.17, 15) is 9.59 Å². The van der Waals surface area contributed by atoms with Crippen LogP contribution in [-0.4, -0.2) is 39.5 Å². The van der Waals surface area contributed by atoms with Crippen LogP contribution in [0.4, 0.5) is 0 Å². The van der Waals surface area contributed by atoms with E-state index in [1.165, 1.54) is 0 Å². The average molecular weight is 414 g/mol. The van der Waals surface area contributed by atoms with Gasteiger partial charge in [0.1, 0.15) is 0 Å². The Balaban J connectivity index is 1.48. The zero-order chi connectivity index (χ0) is 21.0. The van der Waals surface area contributed by atoms with Gasteiger partial charge in [0.15, 0.2) is 5.65 Å². The Bertz CT molecular complexity index is 1060. The van der Waals surface area contributed by atoms with Gasteiger partial charge in [-0.15, -0.1) is 0 Å². The van der Waals surface area contributed by atoms with Gasteiger partial charge in [-0.1, -0.05) is 23.7 Å². The third kappa shape index (κ3) is 4.92.